The number of carbonyl (C=O) groups is 1. The number of rotatable bonds is 4. The zero-order chi connectivity index (χ0) is 14.7. The fourth-order valence-corrected chi connectivity index (χ4v) is 2.06. The van der Waals surface area contributed by atoms with Crippen molar-refractivity contribution in [1.29, 1.82) is 0 Å². The number of carboxylic acids is 1. The molecule has 0 unspecified atom stereocenters. The molecular formula is C14H12BrNO4. The molecule has 2 aromatic rings. The highest BCUT2D eigenvalue weighted by Crippen LogP contribution is 2.33. The Bertz CT molecular complexity index is 658. The number of aromatic carboxylic acids is 1. The predicted octanol–water partition coefficient (Wildman–Crippen LogP) is 3.53. The van der Waals surface area contributed by atoms with Crippen molar-refractivity contribution in [2.75, 3.05) is 12.8 Å². The molecule has 0 heterocycles. The Morgan fingerprint density at radius 1 is 1.20 bits per heavy atom. The molecule has 0 aromatic heterocycles. The fraction of sp³-hybridized carbons (Fsp3) is 0.0714. The van der Waals surface area contributed by atoms with Crippen molar-refractivity contribution >= 4 is 27.6 Å². The van der Waals surface area contributed by atoms with E-state index in [4.69, 9.17) is 20.3 Å². The first-order valence-corrected chi connectivity index (χ1v) is 6.45. The number of nitrogen functional groups attached to an aromatic ring is 1. The lowest BCUT2D eigenvalue weighted by Crippen LogP contribution is -2.02. The summed E-state index contributed by atoms with van der Waals surface area (Å²) in [6, 6.07) is 9.70. The molecule has 104 valence electrons. The number of hydrogen-bond donors (Lipinski definition) is 2. The molecule has 0 aliphatic rings. The van der Waals surface area contributed by atoms with Crippen LogP contribution in [0.3, 0.4) is 0 Å². The van der Waals surface area contributed by atoms with E-state index in [-0.39, 0.29) is 11.3 Å². The van der Waals surface area contributed by atoms with Crippen molar-refractivity contribution in [2.45, 2.75) is 0 Å². The van der Waals surface area contributed by atoms with Crippen molar-refractivity contribution in [2.24, 2.45) is 0 Å². The molecule has 2 aromatic carbocycles. The van der Waals surface area contributed by atoms with Crippen LogP contribution in [0.4, 0.5) is 5.69 Å². The van der Waals surface area contributed by atoms with Gasteiger partial charge in [-0.1, -0.05) is 0 Å². The van der Waals surface area contributed by atoms with Crippen molar-refractivity contribution in [3.8, 4) is 17.2 Å². The molecule has 0 spiro atoms. The maximum atomic E-state index is 10.9. The maximum Gasteiger partial charge on any atom is 0.337 e. The molecule has 3 N–H and O–H groups in total. The molecule has 6 heteroatoms. The lowest BCUT2D eigenvalue weighted by atomic mass is 10.2. The SMILES string of the molecule is COc1ccc(Oc2ccc(C(=O)O)c(N)c2)c(Br)c1. The van der Waals surface area contributed by atoms with Gasteiger partial charge in [0.15, 0.2) is 0 Å². The van der Waals surface area contributed by atoms with Gasteiger partial charge < -0.3 is 20.3 Å². The van der Waals surface area contributed by atoms with Gasteiger partial charge in [0.25, 0.3) is 0 Å². The minimum absolute atomic E-state index is 0.0474. The van der Waals surface area contributed by atoms with Crippen molar-refractivity contribution in [3.63, 3.8) is 0 Å². The summed E-state index contributed by atoms with van der Waals surface area (Å²) in [6.07, 6.45) is 0. The Morgan fingerprint density at radius 2 is 1.90 bits per heavy atom. The van der Waals surface area contributed by atoms with E-state index in [1.165, 1.54) is 12.1 Å². The second kappa shape index (κ2) is 5.83. The summed E-state index contributed by atoms with van der Waals surface area (Å²) in [4.78, 5) is 10.9. The quantitative estimate of drug-likeness (QED) is 0.834. The highest BCUT2D eigenvalue weighted by molar-refractivity contribution is 9.10. The summed E-state index contributed by atoms with van der Waals surface area (Å²) < 4.78 is 11.5. The normalized spacial score (nSPS) is 10.1. The number of ether oxygens (including phenoxy) is 2. The molecule has 0 amide bonds. The fourth-order valence-electron chi connectivity index (χ4n) is 1.62. The molecule has 0 saturated carbocycles. The van der Waals surface area contributed by atoms with Gasteiger partial charge in [0.2, 0.25) is 0 Å². The summed E-state index contributed by atoms with van der Waals surface area (Å²) in [5.41, 5.74) is 5.87. The van der Waals surface area contributed by atoms with Gasteiger partial charge in [0, 0.05) is 11.8 Å². The maximum absolute atomic E-state index is 10.9. The van der Waals surface area contributed by atoms with Gasteiger partial charge in [-0.2, -0.15) is 0 Å². The number of nitrogens with two attached hydrogens (primary N) is 1. The molecule has 20 heavy (non-hydrogen) atoms. The van der Waals surface area contributed by atoms with Gasteiger partial charge in [0.1, 0.15) is 17.2 Å². The Balaban J connectivity index is 2.26. The van der Waals surface area contributed by atoms with Crippen LogP contribution in [-0.4, -0.2) is 18.2 Å². The minimum atomic E-state index is -1.07. The first-order chi connectivity index (χ1) is 9.51. The van der Waals surface area contributed by atoms with Crippen LogP contribution in [0.25, 0.3) is 0 Å². The molecule has 5 nitrogen and oxygen atoms in total. The molecule has 0 aliphatic carbocycles. The standard InChI is InChI=1S/C14H12BrNO4/c1-19-8-3-5-13(11(15)6-8)20-9-2-4-10(14(17)18)12(16)7-9/h2-7H,16H2,1H3,(H,17,18). The highest BCUT2D eigenvalue weighted by atomic mass is 79.9. The summed E-state index contributed by atoms with van der Waals surface area (Å²) >= 11 is 3.37. The average molecular weight is 338 g/mol. The Labute approximate surface area is 124 Å². The molecule has 0 atom stereocenters. The largest absolute Gasteiger partial charge is 0.497 e. The summed E-state index contributed by atoms with van der Waals surface area (Å²) in [5, 5.41) is 8.91. The average Bonchev–Trinajstić information content (AvgIpc) is 2.40. The van der Waals surface area contributed by atoms with Gasteiger partial charge in [0.05, 0.1) is 17.1 Å². The zero-order valence-electron chi connectivity index (χ0n) is 10.6. The first-order valence-electron chi connectivity index (χ1n) is 5.65. The van der Waals surface area contributed by atoms with Gasteiger partial charge >= 0.3 is 5.97 Å². The van der Waals surface area contributed by atoms with Crippen LogP contribution in [-0.2, 0) is 0 Å². The number of benzene rings is 2. The predicted molar refractivity (Wildman–Crippen MR) is 78.6 cm³/mol. The molecule has 0 saturated heterocycles. The Kier molecular flexibility index (Phi) is 4.14. The van der Waals surface area contributed by atoms with Crippen LogP contribution in [0.15, 0.2) is 40.9 Å². The third-order valence-corrected chi connectivity index (χ3v) is 3.24. The number of carboxylic acid groups (broad SMARTS) is 1. The molecule has 2 rings (SSSR count). The van der Waals surface area contributed by atoms with E-state index in [1.54, 1.807) is 31.4 Å². The zero-order valence-corrected chi connectivity index (χ0v) is 12.2. The van der Waals surface area contributed by atoms with Crippen LogP contribution >= 0.6 is 15.9 Å². The number of hydrogen-bond acceptors (Lipinski definition) is 4. The van der Waals surface area contributed by atoms with Crippen LogP contribution in [0.2, 0.25) is 0 Å². The van der Waals surface area contributed by atoms with Gasteiger partial charge in [-0.15, -0.1) is 0 Å². The summed E-state index contributed by atoms with van der Waals surface area (Å²) in [7, 11) is 1.58. The Hall–Kier alpha value is -2.21. The molecule has 0 fully saturated rings. The van der Waals surface area contributed by atoms with E-state index in [2.05, 4.69) is 15.9 Å². The van der Waals surface area contributed by atoms with Crippen LogP contribution in [0.5, 0.6) is 17.2 Å². The van der Waals surface area contributed by atoms with Crippen molar-refractivity contribution in [3.05, 3.63) is 46.4 Å². The minimum Gasteiger partial charge on any atom is -0.497 e. The molecular weight excluding hydrogens is 326 g/mol. The second-order valence-electron chi connectivity index (χ2n) is 3.95. The van der Waals surface area contributed by atoms with Gasteiger partial charge in [-0.3, -0.25) is 0 Å². The van der Waals surface area contributed by atoms with E-state index in [1.807, 2.05) is 0 Å². The van der Waals surface area contributed by atoms with E-state index in [0.717, 1.165) is 4.47 Å². The highest BCUT2D eigenvalue weighted by Gasteiger charge is 2.10. The van der Waals surface area contributed by atoms with E-state index >= 15 is 0 Å². The number of halogens is 1. The van der Waals surface area contributed by atoms with E-state index in [0.29, 0.717) is 17.2 Å². The van der Waals surface area contributed by atoms with Gasteiger partial charge in [-0.25, -0.2) is 4.79 Å². The Morgan fingerprint density at radius 3 is 2.45 bits per heavy atom. The third-order valence-electron chi connectivity index (χ3n) is 2.62. The van der Waals surface area contributed by atoms with Crippen molar-refractivity contribution in [1.82, 2.24) is 0 Å². The monoisotopic (exact) mass is 337 g/mol. The van der Waals surface area contributed by atoms with Gasteiger partial charge in [-0.05, 0) is 46.3 Å². The topological polar surface area (TPSA) is 81.8 Å². The third kappa shape index (κ3) is 3.03. The first kappa shape index (κ1) is 14.2. The molecule has 0 bridgehead atoms. The van der Waals surface area contributed by atoms with E-state index in [9.17, 15) is 4.79 Å². The smallest absolute Gasteiger partial charge is 0.337 e. The van der Waals surface area contributed by atoms with Crippen molar-refractivity contribution < 1.29 is 19.4 Å². The molecule has 0 radical (unpaired) electrons. The lowest BCUT2D eigenvalue weighted by molar-refractivity contribution is 0.0698. The van der Waals surface area contributed by atoms with Crippen LogP contribution in [0.1, 0.15) is 10.4 Å². The summed E-state index contributed by atoms with van der Waals surface area (Å²) in [5.74, 6) is 0.663. The number of anilines is 1. The molecule has 0 aliphatic heterocycles. The number of methoxy groups -OCH3 is 1. The second-order valence-corrected chi connectivity index (χ2v) is 4.81. The summed E-state index contributed by atoms with van der Waals surface area (Å²) in [6.45, 7) is 0. The lowest BCUT2D eigenvalue weighted by Gasteiger charge is -2.10. The van der Waals surface area contributed by atoms with Crippen LogP contribution in [0, 0.1) is 0 Å². The van der Waals surface area contributed by atoms with E-state index < -0.39 is 5.97 Å². The van der Waals surface area contributed by atoms with Crippen LogP contribution < -0.4 is 15.2 Å².